The molecule has 112 valence electrons. The Balaban J connectivity index is 1.78. The number of hydrogen-bond donors (Lipinski definition) is 1. The second kappa shape index (κ2) is 4.61. The van der Waals surface area contributed by atoms with Gasteiger partial charge in [-0.2, -0.15) is 0 Å². The van der Waals surface area contributed by atoms with E-state index in [1.807, 2.05) is 6.07 Å². The van der Waals surface area contributed by atoms with Gasteiger partial charge in [0, 0.05) is 31.3 Å². The molecule has 4 heteroatoms. The van der Waals surface area contributed by atoms with Crippen molar-refractivity contribution in [2.45, 2.75) is 32.1 Å². The number of fused-ring (bicyclic) bond motifs is 1. The molecule has 1 aromatic heterocycles. The van der Waals surface area contributed by atoms with E-state index in [0.29, 0.717) is 23.2 Å². The number of Topliss-reactive ketones (excluding diaryl/α,β-unsaturated/α-hetero) is 1. The summed E-state index contributed by atoms with van der Waals surface area (Å²) in [5.74, 6) is 3.11. The zero-order valence-electron chi connectivity index (χ0n) is 12.6. The molecule has 0 amide bonds. The van der Waals surface area contributed by atoms with E-state index in [-0.39, 0.29) is 5.78 Å². The van der Waals surface area contributed by atoms with Crippen LogP contribution < -0.4 is 5.73 Å². The third-order valence-electron chi connectivity index (χ3n) is 5.37. The first-order valence-electron chi connectivity index (χ1n) is 7.86. The van der Waals surface area contributed by atoms with Gasteiger partial charge in [-0.1, -0.05) is 5.92 Å². The van der Waals surface area contributed by atoms with Gasteiger partial charge >= 0.3 is 0 Å². The van der Waals surface area contributed by atoms with Crippen molar-refractivity contribution in [1.29, 1.82) is 0 Å². The maximum absolute atomic E-state index is 12.4. The number of ketones is 1. The van der Waals surface area contributed by atoms with Gasteiger partial charge in [0.15, 0.2) is 5.78 Å². The minimum absolute atomic E-state index is 0.0169. The maximum atomic E-state index is 12.4. The van der Waals surface area contributed by atoms with Crippen LogP contribution in [0.2, 0.25) is 0 Å². The van der Waals surface area contributed by atoms with Crippen LogP contribution in [-0.4, -0.2) is 28.8 Å². The lowest BCUT2D eigenvalue weighted by atomic mass is 9.86. The number of carbonyl (C=O) groups is 1. The number of carbonyl (C=O) groups excluding carboxylic acids is 1. The number of terminal acetylenes is 1. The molecule has 0 atom stereocenters. The summed E-state index contributed by atoms with van der Waals surface area (Å²) >= 11 is 0. The number of rotatable bonds is 1. The molecule has 3 aliphatic rings. The highest BCUT2D eigenvalue weighted by Crippen LogP contribution is 2.54. The number of pyridine rings is 1. The number of hydrogen-bond acceptors (Lipinski definition) is 4. The highest BCUT2D eigenvalue weighted by molar-refractivity contribution is 6.10. The van der Waals surface area contributed by atoms with Crippen molar-refractivity contribution < 1.29 is 4.79 Å². The third kappa shape index (κ3) is 2.00. The molecule has 1 spiro atoms. The van der Waals surface area contributed by atoms with Gasteiger partial charge in [0.05, 0.1) is 11.3 Å². The van der Waals surface area contributed by atoms with Crippen LogP contribution in [0.1, 0.15) is 36.8 Å². The lowest BCUT2D eigenvalue weighted by Gasteiger charge is -2.37. The van der Waals surface area contributed by atoms with E-state index in [1.165, 1.54) is 25.7 Å². The molecule has 0 aromatic carbocycles. The Morgan fingerprint density at radius 3 is 2.64 bits per heavy atom. The Bertz CT molecular complexity index is 727. The predicted molar refractivity (Wildman–Crippen MR) is 85.6 cm³/mol. The third-order valence-corrected chi connectivity index (χ3v) is 5.37. The molecule has 22 heavy (non-hydrogen) atoms. The molecule has 1 saturated heterocycles. The second-order valence-corrected chi connectivity index (χ2v) is 6.72. The number of anilines is 1. The quantitative estimate of drug-likeness (QED) is 0.805. The summed E-state index contributed by atoms with van der Waals surface area (Å²) in [6.07, 6.45) is 12.8. The van der Waals surface area contributed by atoms with Crippen molar-refractivity contribution in [1.82, 2.24) is 9.88 Å². The van der Waals surface area contributed by atoms with Crippen LogP contribution in [0, 0.1) is 17.8 Å². The molecular weight excluding hydrogens is 274 g/mol. The van der Waals surface area contributed by atoms with Crippen molar-refractivity contribution in [3.05, 3.63) is 29.0 Å². The first-order valence-corrected chi connectivity index (χ1v) is 7.86. The van der Waals surface area contributed by atoms with Gasteiger partial charge in [-0.25, -0.2) is 4.98 Å². The molecule has 4 nitrogen and oxygen atoms in total. The highest BCUT2D eigenvalue weighted by Gasteiger charge is 2.45. The SMILES string of the molecule is C#CC1=C(N2CCC3(CC2)CC3)c2cc(N)ncc2CC1=O. The van der Waals surface area contributed by atoms with E-state index < -0.39 is 0 Å². The Kier molecular flexibility index (Phi) is 2.80. The van der Waals surface area contributed by atoms with E-state index in [0.717, 1.165) is 29.9 Å². The van der Waals surface area contributed by atoms with Gasteiger partial charge in [-0.3, -0.25) is 4.79 Å². The van der Waals surface area contributed by atoms with Crippen molar-refractivity contribution >= 4 is 17.3 Å². The maximum Gasteiger partial charge on any atom is 0.177 e. The number of nitrogens with zero attached hydrogens (tertiary/aromatic N) is 2. The lowest BCUT2D eigenvalue weighted by molar-refractivity contribution is -0.114. The molecule has 0 unspecified atom stereocenters. The van der Waals surface area contributed by atoms with Crippen molar-refractivity contribution in [2.24, 2.45) is 5.41 Å². The topological polar surface area (TPSA) is 59.2 Å². The molecule has 1 aliphatic heterocycles. The minimum Gasteiger partial charge on any atom is -0.384 e. The summed E-state index contributed by atoms with van der Waals surface area (Å²) in [5.41, 5.74) is 9.78. The second-order valence-electron chi connectivity index (χ2n) is 6.72. The summed E-state index contributed by atoms with van der Waals surface area (Å²) in [5, 5.41) is 0. The summed E-state index contributed by atoms with van der Waals surface area (Å²) < 4.78 is 0. The fraction of sp³-hybridized carbons (Fsp3) is 0.444. The van der Waals surface area contributed by atoms with Crippen molar-refractivity contribution in [3.8, 4) is 12.3 Å². The number of piperidine rings is 1. The molecule has 2 fully saturated rings. The largest absolute Gasteiger partial charge is 0.384 e. The molecule has 2 heterocycles. The van der Waals surface area contributed by atoms with E-state index >= 15 is 0 Å². The Morgan fingerprint density at radius 2 is 2.00 bits per heavy atom. The fourth-order valence-electron chi connectivity index (χ4n) is 3.75. The van der Waals surface area contributed by atoms with Crippen LogP contribution >= 0.6 is 0 Å². The van der Waals surface area contributed by atoms with Crippen LogP contribution in [-0.2, 0) is 11.2 Å². The van der Waals surface area contributed by atoms with E-state index in [9.17, 15) is 4.79 Å². The number of nitrogens with two attached hydrogens (primary N) is 1. The van der Waals surface area contributed by atoms with Crippen LogP contribution in [0.3, 0.4) is 0 Å². The molecule has 0 bridgehead atoms. The average molecular weight is 293 g/mol. The fourth-order valence-corrected chi connectivity index (χ4v) is 3.75. The van der Waals surface area contributed by atoms with Gasteiger partial charge in [-0.05, 0) is 42.7 Å². The number of allylic oxidation sites excluding steroid dienone is 1. The molecule has 2 N–H and O–H groups in total. The number of nitrogen functional groups attached to an aromatic ring is 1. The standard InChI is InChI=1S/C18H19N3O/c1-2-13-15(22)9-12-11-20-16(19)10-14(12)17(13)21-7-5-18(3-4-18)6-8-21/h1,10-11H,3-9H2,(H2,19,20). The van der Waals surface area contributed by atoms with Crippen molar-refractivity contribution in [3.63, 3.8) is 0 Å². The lowest BCUT2D eigenvalue weighted by Crippen LogP contribution is -2.36. The molecule has 2 aliphatic carbocycles. The van der Waals surface area contributed by atoms with Gasteiger partial charge in [0.2, 0.25) is 0 Å². The zero-order chi connectivity index (χ0) is 15.3. The number of likely N-dealkylation sites (tertiary alicyclic amines) is 1. The highest BCUT2D eigenvalue weighted by atomic mass is 16.1. The zero-order valence-corrected chi connectivity index (χ0v) is 12.6. The molecule has 1 saturated carbocycles. The van der Waals surface area contributed by atoms with Gasteiger partial charge in [0.1, 0.15) is 5.82 Å². The van der Waals surface area contributed by atoms with Gasteiger partial charge in [-0.15, -0.1) is 6.42 Å². The smallest absolute Gasteiger partial charge is 0.177 e. The van der Waals surface area contributed by atoms with Crippen LogP contribution in [0.25, 0.3) is 5.70 Å². The van der Waals surface area contributed by atoms with Crippen LogP contribution in [0.15, 0.2) is 17.8 Å². The average Bonchev–Trinajstić information content (AvgIpc) is 3.27. The van der Waals surface area contributed by atoms with Crippen LogP contribution in [0.5, 0.6) is 0 Å². The predicted octanol–water partition coefficient (Wildman–Crippen LogP) is 2.01. The van der Waals surface area contributed by atoms with E-state index in [1.54, 1.807) is 6.20 Å². The Hall–Kier alpha value is -2.28. The van der Waals surface area contributed by atoms with Gasteiger partial charge in [0.25, 0.3) is 0 Å². The summed E-state index contributed by atoms with van der Waals surface area (Å²) in [7, 11) is 0. The Labute approximate surface area is 130 Å². The summed E-state index contributed by atoms with van der Waals surface area (Å²) in [6.45, 7) is 1.94. The summed E-state index contributed by atoms with van der Waals surface area (Å²) in [4.78, 5) is 18.8. The molecule has 1 aromatic rings. The van der Waals surface area contributed by atoms with Gasteiger partial charge < -0.3 is 10.6 Å². The minimum atomic E-state index is 0.0169. The molecule has 0 radical (unpaired) electrons. The monoisotopic (exact) mass is 293 g/mol. The van der Waals surface area contributed by atoms with E-state index in [4.69, 9.17) is 12.2 Å². The normalized spacial score (nSPS) is 22.5. The number of aromatic nitrogens is 1. The summed E-state index contributed by atoms with van der Waals surface area (Å²) in [6, 6.07) is 1.86. The van der Waals surface area contributed by atoms with Crippen molar-refractivity contribution in [2.75, 3.05) is 18.8 Å². The molecule has 4 rings (SSSR count). The van der Waals surface area contributed by atoms with Crippen LogP contribution in [0.4, 0.5) is 5.82 Å². The molecular formula is C18H19N3O. The first kappa shape index (κ1) is 13.4. The Morgan fingerprint density at radius 1 is 1.27 bits per heavy atom. The first-order chi connectivity index (χ1) is 10.6. The van der Waals surface area contributed by atoms with E-state index in [2.05, 4.69) is 15.8 Å².